The van der Waals surface area contributed by atoms with Gasteiger partial charge in [-0.05, 0) is 37.9 Å². The summed E-state index contributed by atoms with van der Waals surface area (Å²) in [4.78, 5) is 10.8. The topological polar surface area (TPSA) is 26.3 Å². The van der Waals surface area contributed by atoms with Crippen molar-refractivity contribution in [3.63, 3.8) is 0 Å². The van der Waals surface area contributed by atoms with Gasteiger partial charge in [-0.25, -0.2) is 4.79 Å². The molecule has 0 aromatic heterocycles. The van der Waals surface area contributed by atoms with Crippen molar-refractivity contribution in [3.8, 4) is 0 Å². The van der Waals surface area contributed by atoms with Crippen LogP contribution < -0.4 is 0 Å². The lowest BCUT2D eigenvalue weighted by Crippen LogP contribution is -2.21. The molecule has 5 heteroatoms. The highest BCUT2D eigenvalue weighted by Crippen LogP contribution is 2.34. The first kappa shape index (κ1) is 16.6. The summed E-state index contributed by atoms with van der Waals surface area (Å²) in [5.41, 5.74) is 0. The van der Waals surface area contributed by atoms with Gasteiger partial charge in [-0.15, -0.1) is 0 Å². The van der Waals surface area contributed by atoms with Crippen LogP contribution in [0.5, 0.6) is 0 Å². The molecule has 1 unspecified atom stereocenters. The predicted octanol–water partition coefficient (Wildman–Crippen LogP) is 4.89. The Bertz CT molecular complexity index is 250. The predicted molar refractivity (Wildman–Crippen MR) is 78.4 cm³/mol. The molecule has 0 aromatic carbocycles. The van der Waals surface area contributed by atoms with Crippen molar-refractivity contribution in [2.24, 2.45) is 0 Å². The van der Waals surface area contributed by atoms with E-state index in [9.17, 15) is 4.79 Å². The van der Waals surface area contributed by atoms with Crippen LogP contribution in [-0.4, -0.2) is 15.8 Å². The first-order valence-corrected chi connectivity index (χ1v) is 8.06. The minimum Gasteiger partial charge on any atom is -0.438 e. The summed E-state index contributed by atoms with van der Waals surface area (Å²) >= 11 is 9.48. The smallest absolute Gasteiger partial charge is 0.346 e. The van der Waals surface area contributed by atoms with Crippen LogP contribution in [-0.2, 0) is 9.53 Å². The van der Waals surface area contributed by atoms with Crippen molar-refractivity contribution in [1.82, 2.24) is 0 Å². The summed E-state index contributed by atoms with van der Waals surface area (Å²) in [6.07, 6.45) is 7.21. The number of unbranched alkanes of at least 4 members (excludes halogenated alkanes) is 3. The number of ether oxygens (including phenoxy) is 1. The largest absolute Gasteiger partial charge is 0.438 e. The molecule has 16 heavy (non-hydrogen) atoms. The fourth-order valence-corrected chi connectivity index (χ4v) is 2.46. The molecule has 0 fully saturated rings. The second-order valence-corrected chi connectivity index (χ2v) is 6.27. The average Bonchev–Trinajstić information content (AvgIpc) is 2.52. The third kappa shape index (κ3) is 6.40. The Hall–Kier alpha value is 0.650. The summed E-state index contributed by atoms with van der Waals surface area (Å²) in [5, 5.41) is 0.542. The number of rotatable bonds is 4. The number of carbonyl (C=O) groups is 1. The molecule has 2 nitrogen and oxygen atoms in total. The van der Waals surface area contributed by atoms with E-state index in [4.69, 9.17) is 4.74 Å². The Morgan fingerprint density at radius 1 is 1.31 bits per heavy atom. The Kier molecular flexibility index (Phi) is 9.05. The van der Waals surface area contributed by atoms with Gasteiger partial charge < -0.3 is 4.74 Å². The van der Waals surface area contributed by atoms with E-state index < -0.39 is 4.51 Å². The molecular formula is C11H17Br3O2. The second kappa shape index (κ2) is 8.70. The van der Waals surface area contributed by atoms with Crippen LogP contribution in [0, 0.1) is 0 Å². The molecule has 0 aromatic rings. The number of hydrogen-bond acceptors (Lipinski definition) is 2. The highest BCUT2D eigenvalue weighted by Gasteiger charge is 2.35. The molecule has 0 radical (unpaired) electrons. The van der Waals surface area contributed by atoms with Crippen LogP contribution in [0.4, 0.5) is 0 Å². The van der Waals surface area contributed by atoms with Gasteiger partial charge >= 0.3 is 5.97 Å². The van der Waals surface area contributed by atoms with E-state index in [0.717, 1.165) is 0 Å². The van der Waals surface area contributed by atoms with Gasteiger partial charge in [-0.1, -0.05) is 55.5 Å². The lowest BCUT2D eigenvalue weighted by Gasteiger charge is -2.14. The van der Waals surface area contributed by atoms with Crippen molar-refractivity contribution in [2.45, 2.75) is 44.0 Å². The molecule has 1 aliphatic heterocycles. The lowest BCUT2D eigenvalue weighted by molar-refractivity contribution is -0.139. The minimum absolute atomic E-state index is 0.337. The molecule has 0 bridgehead atoms. The summed E-state index contributed by atoms with van der Waals surface area (Å²) in [6, 6.07) is 0. The van der Waals surface area contributed by atoms with E-state index in [1.165, 1.54) is 25.7 Å². The molecule has 1 heterocycles. The zero-order chi connectivity index (χ0) is 12.6. The normalized spacial score (nSPS) is 23.3. The summed E-state index contributed by atoms with van der Waals surface area (Å²) < 4.78 is 4.71. The molecule has 0 saturated carbocycles. The molecule has 0 spiro atoms. The minimum atomic E-state index is -0.650. The van der Waals surface area contributed by atoms with Gasteiger partial charge in [0.15, 0.2) is 4.51 Å². The van der Waals surface area contributed by atoms with Crippen molar-refractivity contribution in [2.75, 3.05) is 5.33 Å². The van der Waals surface area contributed by atoms with Crippen LogP contribution in [0.3, 0.4) is 0 Å². The molecule has 1 rings (SSSR count). The van der Waals surface area contributed by atoms with E-state index in [-0.39, 0.29) is 5.97 Å². The molecule has 0 N–H and O–H groups in total. The zero-order valence-corrected chi connectivity index (χ0v) is 14.3. The Labute approximate surface area is 123 Å². The maximum atomic E-state index is 10.8. The van der Waals surface area contributed by atoms with Gasteiger partial charge in [-0.3, -0.25) is 0 Å². The number of alkyl halides is 2. The van der Waals surface area contributed by atoms with Crippen molar-refractivity contribution in [1.29, 1.82) is 0 Å². The molecule has 0 saturated heterocycles. The van der Waals surface area contributed by atoms with Crippen LogP contribution in [0.15, 0.2) is 10.6 Å². The fourth-order valence-electron chi connectivity index (χ4n) is 1.05. The molecule has 1 aliphatic rings. The maximum absolute atomic E-state index is 10.8. The Morgan fingerprint density at radius 3 is 2.00 bits per heavy atom. The van der Waals surface area contributed by atoms with Crippen LogP contribution in [0.25, 0.3) is 0 Å². The number of carbonyl (C=O) groups excluding carboxylic acids is 1. The summed E-state index contributed by atoms with van der Waals surface area (Å²) in [5.74, 6) is -0.337. The summed E-state index contributed by atoms with van der Waals surface area (Å²) in [7, 11) is 0. The van der Waals surface area contributed by atoms with Crippen LogP contribution in [0.2, 0.25) is 0 Å². The quantitative estimate of drug-likeness (QED) is 0.367. The standard InChI is InChI=1S/C6H14.C5H3Br3O2/c1-3-5-6-4-2;6-2-5(8)1-3(7)4(9)10-5/h3-6H2,1-2H3;1H,2H2. The molecule has 94 valence electrons. The molecule has 0 amide bonds. The Balaban J connectivity index is 0.000000325. The first-order valence-electron chi connectivity index (χ1n) is 5.35. The third-order valence-corrected chi connectivity index (χ3v) is 4.75. The average molecular weight is 421 g/mol. The Morgan fingerprint density at radius 2 is 1.81 bits per heavy atom. The van der Waals surface area contributed by atoms with Crippen LogP contribution in [0.1, 0.15) is 39.5 Å². The van der Waals surface area contributed by atoms with Gasteiger partial charge in [-0.2, -0.15) is 0 Å². The van der Waals surface area contributed by atoms with Gasteiger partial charge in [0.25, 0.3) is 0 Å². The molecule has 0 aliphatic carbocycles. The van der Waals surface area contributed by atoms with Crippen molar-refractivity contribution >= 4 is 53.8 Å². The monoisotopic (exact) mass is 418 g/mol. The molecule has 1 atom stereocenters. The van der Waals surface area contributed by atoms with E-state index >= 15 is 0 Å². The zero-order valence-electron chi connectivity index (χ0n) is 9.56. The van der Waals surface area contributed by atoms with Crippen LogP contribution >= 0.6 is 47.8 Å². The molecular weight excluding hydrogens is 404 g/mol. The van der Waals surface area contributed by atoms with Crippen molar-refractivity contribution < 1.29 is 9.53 Å². The highest BCUT2D eigenvalue weighted by molar-refractivity contribution is 9.13. The second-order valence-electron chi connectivity index (χ2n) is 3.51. The van der Waals surface area contributed by atoms with Gasteiger partial charge in [0.05, 0.1) is 5.33 Å². The number of hydrogen-bond donors (Lipinski definition) is 0. The van der Waals surface area contributed by atoms with Gasteiger partial charge in [0, 0.05) is 0 Å². The first-order chi connectivity index (χ1) is 7.49. The van der Waals surface area contributed by atoms with E-state index in [0.29, 0.717) is 9.81 Å². The lowest BCUT2D eigenvalue weighted by atomic mass is 10.2. The highest BCUT2D eigenvalue weighted by atomic mass is 79.9. The number of esters is 1. The van der Waals surface area contributed by atoms with Gasteiger partial charge in [0.1, 0.15) is 4.48 Å². The van der Waals surface area contributed by atoms with E-state index in [2.05, 4.69) is 61.6 Å². The van der Waals surface area contributed by atoms with E-state index in [1.807, 2.05) is 0 Å². The van der Waals surface area contributed by atoms with E-state index in [1.54, 1.807) is 6.08 Å². The van der Waals surface area contributed by atoms with Gasteiger partial charge in [0.2, 0.25) is 0 Å². The SMILES string of the molecule is CCCCCC.O=C1OC(Br)(CBr)C=C1Br. The summed E-state index contributed by atoms with van der Waals surface area (Å²) in [6.45, 7) is 4.46. The number of halogens is 3. The van der Waals surface area contributed by atoms with Crippen molar-refractivity contribution in [3.05, 3.63) is 10.6 Å². The third-order valence-electron chi connectivity index (χ3n) is 1.94. The maximum Gasteiger partial charge on any atom is 0.346 e. The fraction of sp³-hybridized carbons (Fsp3) is 0.727. The number of cyclic esters (lactones) is 1.